The van der Waals surface area contributed by atoms with Crippen LogP contribution in [-0.2, 0) is 0 Å². The molecule has 0 fully saturated rings. The molecule has 0 bridgehead atoms. The molecule has 0 radical (unpaired) electrons. The van der Waals surface area contributed by atoms with E-state index < -0.39 is 0 Å². The molecule has 0 aliphatic rings. The first-order valence-corrected chi connectivity index (χ1v) is 11.4. The van der Waals surface area contributed by atoms with Gasteiger partial charge in [-0.25, -0.2) is 0 Å². The minimum absolute atomic E-state index is 0.553. The Hall–Kier alpha value is 1.56. The fourth-order valence-electron chi connectivity index (χ4n) is 0.938. The molecule has 0 unspecified atom stereocenters. The predicted octanol–water partition coefficient (Wildman–Crippen LogP) is 4.46. The summed E-state index contributed by atoms with van der Waals surface area (Å²) in [5.41, 5.74) is 0. The van der Waals surface area contributed by atoms with Crippen LogP contribution in [0.5, 0.6) is 0 Å². The molecule has 16 heavy (non-hydrogen) atoms. The van der Waals surface area contributed by atoms with Crippen LogP contribution < -0.4 is 0 Å². The molecule has 0 rings (SSSR count). The van der Waals surface area contributed by atoms with Crippen LogP contribution in [0.4, 0.5) is 0 Å². The van der Waals surface area contributed by atoms with Crippen LogP contribution in [0.25, 0.3) is 0 Å². The van der Waals surface area contributed by atoms with Crippen LogP contribution in [0.1, 0.15) is 62.3 Å². The summed E-state index contributed by atoms with van der Waals surface area (Å²) in [6, 6.07) is 0. The van der Waals surface area contributed by atoms with Gasteiger partial charge in [0.1, 0.15) is 0 Å². The molecule has 0 aromatic heterocycles. The SMILES string of the molecule is CC(C)(C)[Se]C([Se]C(C)(C)C)[Se]C(C)(C)C. The molecular weight excluding hydrogens is 393 g/mol. The molecule has 0 heterocycles. The van der Waals surface area contributed by atoms with Gasteiger partial charge in [-0.2, -0.15) is 0 Å². The standard InChI is InChI=1S/C13H28Se3/c1-11(2,3)14-10(15-12(4,5)6)16-13(7,8)9/h10H,1-9H3. The van der Waals surface area contributed by atoms with E-state index in [-0.39, 0.29) is 0 Å². The predicted molar refractivity (Wildman–Crippen MR) is 80.2 cm³/mol. The normalized spacial score (nSPS) is 14.6. The van der Waals surface area contributed by atoms with Crippen molar-refractivity contribution in [1.82, 2.24) is 0 Å². The van der Waals surface area contributed by atoms with Crippen LogP contribution in [0.3, 0.4) is 0 Å². The zero-order chi connectivity index (χ0) is 13.2. The molecule has 0 saturated heterocycles. The van der Waals surface area contributed by atoms with Gasteiger partial charge in [0.05, 0.1) is 0 Å². The van der Waals surface area contributed by atoms with E-state index in [1.165, 1.54) is 0 Å². The third-order valence-electron chi connectivity index (χ3n) is 1.35. The van der Waals surface area contributed by atoms with Gasteiger partial charge in [0.2, 0.25) is 0 Å². The molecule has 0 N–H and O–H groups in total. The summed E-state index contributed by atoms with van der Waals surface area (Å²) in [7, 11) is 0. The molecule has 0 aromatic carbocycles. The summed E-state index contributed by atoms with van der Waals surface area (Å²) in [6.07, 6.45) is 0. The first-order valence-electron chi connectivity index (χ1n) is 5.82. The van der Waals surface area contributed by atoms with E-state index in [2.05, 4.69) is 62.3 Å². The molecule has 0 aliphatic heterocycles. The average Bonchev–Trinajstić information content (AvgIpc) is 1.70. The third kappa shape index (κ3) is 12.0. The molecule has 98 valence electrons. The monoisotopic (exact) mass is 424 g/mol. The van der Waals surface area contributed by atoms with Crippen LogP contribution in [0.15, 0.2) is 0 Å². The van der Waals surface area contributed by atoms with Gasteiger partial charge in [0, 0.05) is 0 Å². The zero-order valence-corrected chi connectivity index (χ0v) is 17.4. The summed E-state index contributed by atoms with van der Waals surface area (Å²) < 4.78 is 2.71. The van der Waals surface area contributed by atoms with E-state index in [0.29, 0.717) is 12.9 Å². The van der Waals surface area contributed by atoms with Crippen molar-refractivity contribution in [3.05, 3.63) is 0 Å². The van der Waals surface area contributed by atoms with Crippen LogP contribution in [0, 0.1) is 0 Å². The summed E-state index contributed by atoms with van der Waals surface area (Å²) >= 11 is 2.40. The second-order valence-electron chi connectivity index (χ2n) is 6.98. The maximum atomic E-state index is 2.41. The maximum absolute atomic E-state index is 2.41. The van der Waals surface area contributed by atoms with Crippen LogP contribution in [0.2, 0.25) is 15.6 Å². The van der Waals surface area contributed by atoms with Crippen molar-refractivity contribution in [3.8, 4) is 0 Å². The number of rotatable bonds is 3. The Morgan fingerprint density at radius 1 is 0.500 bits per heavy atom. The number of hydrogen-bond acceptors (Lipinski definition) is 0. The van der Waals surface area contributed by atoms with Gasteiger partial charge in [0.15, 0.2) is 0 Å². The summed E-state index contributed by atoms with van der Waals surface area (Å²) in [6.45, 7) is 21.7. The molecule has 0 aliphatic carbocycles. The van der Waals surface area contributed by atoms with Crippen molar-refractivity contribution in [2.24, 2.45) is 0 Å². The summed E-state index contributed by atoms with van der Waals surface area (Å²) in [5.74, 6) is 0. The van der Waals surface area contributed by atoms with E-state index in [9.17, 15) is 0 Å². The average molecular weight is 421 g/mol. The Balaban J connectivity index is 4.53. The second kappa shape index (κ2) is 6.14. The molecule has 0 aromatic rings. The van der Waals surface area contributed by atoms with Gasteiger partial charge in [-0.05, 0) is 0 Å². The molecule has 0 spiro atoms. The van der Waals surface area contributed by atoms with E-state index in [4.69, 9.17) is 0 Å². The minimum atomic E-state index is 0.553. The molecule has 0 atom stereocenters. The molecular formula is C13H28Se3. The van der Waals surface area contributed by atoms with Gasteiger partial charge in [0.25, 0.3) is 0 Å². The topological polar surface area (TPSA) is 0 Å². The molecule has 0 saturated carbocycles. The van der Waals surface area contributed by atoms with Gasteiger partial charge in [-0.3, -0.25) is 0 Å². The van der Waals surface area contributed by atoms with Crippen molar-refractivity contribution >= 4 is 44.9 Å². The third-order valence-corrected chi connectivity index (χ3v) is 13.3. The Morgan fingerprint density at radius 3 is 0.812 bits per heavy atom. The molecule has 0 amide bonds. The van der Waals surface area contributed by atoms with E-state index >= 15 is 0 Å². The quantitative estimate of drug-likeness (QED) is 0.591. The zero-order valence-electron chi connectivity index (χ0n) is 12.3. The number of hydrogen-bond donors (Lipinski definition) is 0. The van der Waals surface area contributed by atoms with Gasteiger partial charge in [-0.15, -0.1) is 0 Å². The van der Waals surface area contributed by atoms with Crippen molar-refractivity contribution in [2.75, 3.05) is 0 Å². The van der Waals surface area contributed by atoms with Crippen molar-refractivity contribution in [3.63, 3.8) is 0 Å². The van der Waals surface area contributed by atoms with E-state index in [1.54, 1.807) is 0 Å². The van der Waals surface area contributed by atoms with Gasteiger partial charge < -0.3 is 0 Å². The Morgan fingerprint density at radius 2 is 0.688 bits per heavy atom. The van der Waals surface area contributed by atoms with Crippen molar-refractivity contribution < 1.29 is 0 Å². The molecule has 3 heteroatoms. The van der Waals surface area contributed by atoms with Gasteiger partial charge >= 0.3 is 123 Å². The first-order chi connectivity index (χ1) is 6.79. The molecule has 0 nitrogen and oxygen atoms in total. The second-order valence-corrected chi connectivity index (χ2v) is 23.7. The fourth-order valence-corrected chi connectivity index (χ4v) is 25.3. The Kier molecular flexibility index (Phi) is 6.73. The summed E-state index contributed by atoms with van der Waals surface area (Å²) in [5, 5.41) is 0. The van der Waals surface area contributed by atoms with Crippen molar-refractivity contribution in [2.45, 2.75) is 77.9 Å². The van der Waals surface area contributed by atoms with Crippen LogP contribution in [-0.4, -0.2) is 44.9 Å². The first kappa shape index (κ1) is 17.6. The summed E-state index contributed by atoms with van der Waals surface area (Å²) in [4.78, 5) is 0. The fraction of sp³-hybridized carbons (Fsp3) is 1.00. The Labute approximate surface area is 122 Å². The Bertz CT molecular complexity index is 165. The van der Waals surface area contributed by atoms with Gasteiger partial charge in [-0.1, -0.05) is 0 Å². The van der Waals surface area contributed by atoms with E-state index in [0.717, 1.165) is 47.5 Å². The van der Waals surface area contributed by atoms with Crippen LogP contribution >= 0.6 is 0 Å². The van der Waals surface area contributed by atoms with Crippen molar-refractivity contribution in [1.29, 1.82) is 0 Å². The van der Waals surface area contributed by atoms with E-state index in [1.807, 2.05) is 0 Å².